The molecule has 1 N–H and O–H groups in total. The molecule has 1 fully saturated rings. The van der Waals surface area contributed by atoms with Crippen LogP contribution in [0.15, 0.2) is 48.5 Å². The molecule has 2 aromatic carbocycles. The van der Waals surface area contributed by atoms with Crippen molar-refractivity contribution in [2.45, 2.75) is 13.8 Å². The molecule has 0 bridgehead atoms. The number of hydrogen-bond donors (Lipinski definition) is 1. The molecule has 1 heterocycles. The number of anilines is 1. The fourth-order valence-electron chi connectivity index (χ4n) is 2.06. The van der Waals surface area contributed by atoms with Crippen molar-refractivity contribution in [1.82, 2.24) is 5.32 Å². The predicted molar refractivity (Wildman–Crippen MR) is 104 cm³/mol. The fraction of sp³-hybridized carbons (Fsp3) is 0.333. The van der Waals surface area contributed by atoms with E-state index in [1.165, 1.54) is 0 Å². The molecule has 1 aliphatic heterocycles. The van der Waals surface area contributed by atoms with Gasteiger partial charge in [-0.25, -0.2) is 0 Å². The number of nitrogens with zero attached hydrogens (tertiary/aromatic N) is 1. The lowest BCUT2D eigenvalue weighted by Gasteiger charge is -2.30. The van der Waals surface area contributed by atoms with Crippen LogP contribution in [-0.2, 0) is 0 Å². The number of halogens is 3. The van der Waals surface area contributed by atoms with Gasteiger partial charge in [0.25, 0.3) is 0 Å². The first-order chi connectivity index (χ1) is 11.2. The second-order valence-corrected chi connectivity index (χ2v) is 5.91. The van der Waals surface area contributed by atoms with E-state index in [-0.39, 0.29) is 0 Å². The Balaban J connectivity index is 0.000000247. The maximum atomic E-state index is 6.12. The third-order valence-electron chi connectivity index (χ3n) is 3.10. The van der Waals surface area contributed by atoms with Gasteiger partial charge < -0.3 is 10.2 Å². The molecule has 2 nitrogen and oxygen atoms in total. The normalized spacial score (nSPS) is 13.3. The molecular formula is C18H23Cl3N2. The number of piperazine rings is 1. The summed E-state index contributed by atoms with van der Waals surface area (Å²) in [4.78, 5) is 2.27. The van der Waals surface area contributed by atoms with Crippen molar-refractivity contribution in [1.29, 1.82) is 0 Å². The summed E-state index contributed by atoms with van der Waals surface area (Å²) in [6, 6.07) is 15.1. The SMILES string of the molecule is CC.Clc1ccc(N2CCNCC2)c(Cl)c1.Clc1ccccc1. The van der Waals surface area contributed by atoms with Gasteiger partial charge in [0.05, 0.1) is 10.7 Å². The first-order valence-corrected chi connectivity index (χ1v) is 8.91. The van der Waals surface area contributed by atoms with Crippen molar-refractivity contribution in [3.8, 4) is 0 Å². The Morgan fingerprint density at radius 2 is 1.43 bits per heavy atom. The van der Waals surface area contributed by atoms with E-state index >= 15 is 0 Å². The predicted octanol–water partition coefficient (Wildman–Crippen LogP) is 5.77. The highest BCUT2D eigenvalue weighted by molar-refractivity contribution is 6.36. The summed E-state index contributed by atoms with van der Waals surface area (Å²) >= 11 is 17.5. The van der Waals surface area contributed by atoms with Crippen LogP contribution in [0.25, 0.3) is 0 Å². The molecule has 0 aromatic heterocycles. The quantitative estimate of drug-likeness (QED) is 0.682. The van der Waals surface area contributed by atoms with Crippen LogP contribution in [0, 0.1) is 0 Å². The third-order valence-corrected chi connectivity index (χ3v) is 3.89. The van der Waals surface area contributed by atoms with E-state index in [0.717, 1.165) is 41.9 Å². The van der Waals surface area contributed by atoms with Crippen LogP contribution in [0.1, 0.15) is 13.8 Å². The minimum atomic E-state index is 0.689. The van der Waals surface area contributed by atoms with Crippen molar-refractivity contribution in [2.24, 2.45) is 0 Å². The Hall–Kier alpha value is -0.930. The molecule has 5 heteroatoms. The van der Waals surface area contributed by atoms with E-state index in [2.05, 4.69) is 10.2 Å². The highest BCUT2D eigenvalue weighted by atomic mass is 35.5. The van der Waals surface area contributed by atoms with Gasteiger partial charge in [0, 0.05) is 36.2 Å². The Kier molecular flexibility index (Phi) is 10.1. The van der Waals surface area contributed by atoms with Crippen LogP contribution in [-0.4, -0.2) is 26.2 Å². The van der Waals surface area contributed by atoms with E-state index in [1.54, 1.807) is 6.07 Å². The van der Waals surface area contributed by atoms with Crippen LogP contribution in [0.3, 0.4) is 0 Å². The fourth-order valence-corrected chi connectivity index (χ4v) is 2.73. The summed E-state index contributed by atoms with van der Waals surface area (Å²) in [7, 11) is 0. The molecule has 0 saturated carbocycles. The number of benzene rings is 2. The van der Waals surface area contributed by atoms with E-state index in [4.69, 9.17) is 34.8 Å². The third kappa shape index (κ3) is 7.45. The standard InChI is InChI=1S/C10H12Cl2N2.C6H5Cl.C2H6/c11-8-1-2-10(9(12)7-8)14-5-3-13-4-6-14;7-6-4-2-1-3-5-6;1-2/h1-2,7,13H,3-6H2;1-5H;1-2H3. The van der Waals surface area contributed by atoms with E-state index in [1.807, 2.05) is 56.3 Å². The zero-order chi connectivity index (χ0) is 17.1. The minimum absolute atomic E-state index is 0.689. The monoisotopic (exact) mass is 372 g/mol. The summed E-state index contributed by atoms with van der Waals surface area (Å²) in [6.45, 7) is 8.03. The summed E-state index contributed by atoms with van der Waals surface area (Å²) in [6.07, 6.45) is 0. The van der Waals surface area contributed by atoms with Crippen molar-refractivity contribution >= 4 is 40.5 Å². The van der Waals surface area contributed by atoms with Gasteiger partial charge in [-0.1, -0.05) is 66.8 Å². The molecule has 126 valence electrons. The smallest absolute Gasteiger partial charge is 0.0654 e. The van der Waals surface area contributed by atoms with Crippen LogP contribution < -0.4 is 10.2 Å². The molecule has 1 aliphatic rings. The zero-order valence-corrected chi connectivity index (χ0v) is 15.8. The van der Waals surface area contributed by atoms with E-state index < -0.39 is 0 Å². The Morgan fingerprint density at radius 1 is 0.826 bits per heavy atom. The van der Waals surface area contributed by atoms with Crippen LogP contribution in [0.4, 0.5) is 5.69 Å². The number of rotatable bonds is 1. The second-order valence-electron chi connectivity index (χ2n) is 4.63. The highest BCUT2D eigenvalue weighted by Gasteiger charge is 2.13. The zero-order valence-electron chi connectivity index (χ0n) is 13.5. The van der Waals surface area contributed by atoms with Gasteiger partial charge in [-0.2, -0.15) is 0 Å². The topological polar surface area (TPSA) is 15.3 Å². The van der Waals surface area contributed by atoms with Crippen LogP contribution in [0.2, 0.25) is 15.1 Å². The first-order valence-electron chi connectivity index (χ1n) is 7.78. The van der Waals surface area contributed by atoms with Gasteiger partial charge >= 0.3 is 0 Å². The highest BCUT2D eigenvalue weighted by Crippen LogP contribution is 2.28. The van der Waals surface area contributed by atoms with Crippen molar-refractivity contribution in [3.05, 3.63) is 63.6 Å². The molecule has 0 amide bonds. The molecule has 3 rings (SSSR count). The average molecular weight is 374 g/mol. The average Bonchev–Trinajstić information content (AvgIpc) is 2.59. The van der Waals surface area contributed by atoms with Crippen molar-refractivity contribution in [2.75, 3.05) is 31.1 Å². The van der Waals surface area contributed by atoms with Gasteiger partial charge in [-0.3, -0.25) is 0 Å². The molecule has 2 aromatic rings. The molecule has 23 heavy (non-hydrogen) atoms. The summed E-state index contributed by atoms with van der Waals surface area (Å²) < 4.78 is 0. The number of hydrogen-bond acceptors (Lipinski definition) is 2. The largest absolute Gasteiger partial charge is 0.368 e. The summed E-state index contributed by atoms with van der Waals surface area (Å²) in [5.41, 5.74) is 1.08. The van der Waals surface area contributed by atoms with E-state index in [9.17, 15) is 0 Å². The minimum Gasteiger partial charge on any atom is -0.368 e. The maximum absolute atomic E-state index is 6.12. The molecule has 0 unspecified atom stereocenters. The van der Waals surface area contributed by atoms with Crippen LogP contribution >= 0.6 is 34.8 Å². The Morgan fingerprint density at radius 3 is 1.91 bits per heavy atom. The first kappa shape index (κ1) is 20.1. The van der Waals surface area contributed by atoms with Gasteiger partial charge in [-0.15, -0.1) is 0 Å². The molecule has 0 spiro atoms. The van der Waals surface area contributed by atoms with Gasteiger partial charge in [0.1, 0.15) is 0 Å². The molecule has 0 atom stereocenters. The Bertz CT molecular complexity index is 555. The molecule has 1 saturated heterocycles. The Labute approximate surface area is 154 Å². The maximum Gasteiger partial charge on any atom is 0.0654 e. The molecule has 0 radical (unpaired) electrons. The summed E-state index contributed by atoms with van der Waals surface area (Å²) in [5.74, 6) is 0. The van der Waals surface area contributed by atoms with Gasteiger partial charge in [0.2, 0.25) is 0 Å². The lowest BCUT2D eigenvalue weighted by Crippen LogP contribution is -2.43. The van der Waals surface area contributed by atoms with Gasteiger partial charge in [-0.05, 0) is 30.3 Å². The lowest BCUT2D eigenvalue weighted by molar-refractivity contribution is 0.589. The van der Waals surface area contributed by atoms with Crippen molar-refractivity contribution < 1.29 is 0 Å². The number of nitrogens with one attached hydrogen (secondary N) is 1. The second kappa shape index (κ2) is 11.6. The lowest BCUT2D eigenvalue weighted by atomic mass is 10.2. The van der Waals surface area contributed by atoms with E-state index in [0.29, 0.717) is 5.02 Å². The van der Waals surface area contributed by atoms with Crippen LogP contribution in [0.5, 0.6) is 0 Å². The van der Waals surface area contributed by atoms with Gasteiger partial charge in [0.15, 0.2) is 0 Å². The summed E-state index contributed by atoms with van der Waals surface area (Å²) in [5, 5.41) is 5.52. The molecule has 0 aliphatic carbocycles. The molecular weight excluding hydrogens is 351 g/mol. The van der Waals surface area contributed by atoms with Crippen molar-refractivity contribution in [3.63, 3.8) is 0 Å².